The van der Waals surface area contributed by atoms with Crippen LogP contribution in [0.25, 0.3) is 0 Å². The Kier molecular flexibility index (Phi) is 5.69. The lowest BCUT2D eigenvalue weighted by atomic mass is 9.76. The number of guanidine groups is 1. The third-order valence-electron chi connectivity index (χ3n) is 4.41. The van der Waals surface area contributed by atoms with Crippen molar-refractivity contribution in [3.63, 3.8) is 0 Å². The second-order valence-corrected chi connectivity index (χ2v) is 5.87. The van der Waals surface area contributed by atoms with E-state index in [9.17, 15) is 0 Å². The van der Waals surface area contributed by atoms with Gasteiger partial charge in [-0.15, -0.1) is 24.0 Å². The maximum atomic E-state index is 5.99. The summed E-state index contributed by atoms with van der Waals surface area (Å²) in [4.78, 5) is 4.58. The van der Waals surface area contributed by atoms with Crippen LogP contribution in [0.15, 0.2) is 35.3 Å². The highest BCUT2D eigenvalue weighted by Crippen LogP contribution is 2.36. The van der Waals surface area contributed by atoms with Gasteiger partial charge in [-0.2, -0.15) is 0 Å². The van der Waals surface area contributed by atoms with Gasteiger partial charge in [0.05, 0.1) is 6.04 Å². The summed E-state index contributed by atoms with van der Waals surface area (Å²) in [6.07, 6.45) is 7.37. The first-order valence-corrected chi connectivity index (χ1v) is 7.46. The van der Waals surface area contributed by atoms with Crippen molar-refractivity contribution < 1.29 is 0 Å². The van der Waals surface area contributed by atoms with E-state index < -0.39 is 0 Å². The molecule has 2 fully saturated rings. The summed E-state index contributed by atoms with van der Waals surface area (Å²) in [6.45, 7) is 0. The Balaban J connectivity index is 0.00000147. The summed E-state index contributed by atoms with van der Waals surface area (Å²) >= 11 is 0. The minimum atomic E-state index is 0. The Hall–Kier alpha value is -0.780. The molecule has 0 saturated heterocycles. The predicted octanol–water partition coefficient (Wildman–Crippen LogP) is 3.40. The molecule has 2 aliphatic carbocycles. The zero-order chi connectivity index (χ0) is 13.1. The van der Waals surface area contributed by atoms with E-state index in [0.717, 1.165) is 0 Å². The standard InChI is InChI=1S/C16H23N3.HI/c17-16(18-14-8-4-5-9-14)19-15-10-13(11-15)12-6-2-1-3-7-12;/h1-3,6-7,13-15H,4-5,8-11H2,(H3,17,18,19);1H. The molecule has 20 heavy (non-hydrogen) atoms. The third-order valence-corrected chi connectivity index (χ3v) is 4.41. The van der Waals surface area contributed by atoms with Crippen LogP contribution in [0.5, 0.6) is 0 Å². The van der Waals surface area contributed by atoms with Crippen LogP contribution in [0.2, 0.25) is 0 Å². The predicted molar refractivity (Wildman–Crippen MR) is 94.6 cm³/mol. The van der Waals surface area contributed by atoms with Crippen LogP contribution < -0.4 is 11.1 Å². The number of rotatable bonds is 3. The van der Waals surface area contributed by atoms with E-state index in [2.05, 4.69) is 40.6 Å². The molecular weight excluding hydrogens is 361 g/mol. The first-order chi connectivity index (χ1) is 9.31. The fraction of sp³-hybridized carbons (Fsp3) is 0.562. The maximum absolute atomic E-state index is 5.99. The second kappa shape index (κ2) is 7.29. The molecule has 0 atom stereocenters. The molecule has 0 amide bonds. The summed E-state index contributed by atoms with van der Waals surface area (Å²) in [5.74, 6) is 1.35. The minimum Gasteiger partial charge on any atom is -0.370 e. The highest BCUT2D eigenvalue weighted by atomic mass is 127. The molecule has 2 aliphatic rings. The topological polar surface area (TPSA) is 50.4 Å². The molecule has 0 radical (unpaired) electrons. The van der Waals surface area contributed by atoms with Crippen LogP contribution in [0, 0.1) is 0 Å². The normalized spacial score (nSPS) is 26.7. The van der Waals surface area contributed by atoms with E-state index in [4.69, 9.17) is 5.73 Å². The van der Waals surface area contributed by atoms with Crippen LogP contribution in [-0.2, 0) is 0 Å². The second-order valence-electron chi connectivity index (χ2n) is 5.87. The van der Waals surface area contributed by atoms with E-state index in [1.165, 1.54) is 44.1 Å². The van der Waals surface area contributed by atoms with Gasteiger partial charge in [0.2, 0.25) is 0 Å². The molecule has 1 aromatic carbocycles. The molecule has 4 heteroatoms. The number of hydrogen-bond donors (Lipinski definition) is 2. The van der Waals surface area contributed by atoms with Crippen LogP contribution in [-0.4, -0.2) is 18.0 Å². The van der Waals surface area contributed by atoms with Crippen LogP contribution in [0.1, 0.15) is 50.0 Å². The summed E-state index contributed by atoms with van der Waals surface area (Å²) in [5, 5.41) is 3.37. The number of halogens is 1. The highest BCUT2D eigenvalue weighted by molar-refractivity contribution is 14.0. The molecule has 0 aliphatic heterocycles. The fourth-order valence-electron chi connectivity index (χ4n) is 3.21. The maximum Gasteiger partial charge on any atom is 0.189 e. The molecule has 0 aromatic heterocycles. The zero-order valence-corrected chi connectivity index (χ0v) is 14.1. The van der Waals surface area contributed by atoms with E-state index in [1.807, 2.05) is 0 Å². The number of nitrogens with zero attached hydrogens (tertiary/aromatic N) is 1. The van der Waals surface area contributed by atoms with Gasteiger partial charge in [-0.1, -0.05) is 43.2 Å². The van der Waals surface area contributed by atoms with E-state index in [0.29, 0.717) is 24.0 Å². The van der Waals surface area contributed by atoms with Crippen molar-refractivity contribution in [1.82, 2.24) is 5.32 Å². The number of nitrogens with one attached hydrogen (secondary N) is 1. The number of hydrogen-bond acceptors (Lipinski definition) is 1. The first-order valence-electron chi connectivity index (χ1n) is 7.46. The summed E-state index contributed by atoms with van der Waals surface area (Å²) in [6, 6.07) is 11.7. The lowest BCUT2D eigenvalue weighted by Gasteiger charge is -2.36. The average Bonchev–Trinajstić information content (AvgIpc) is 2.87. The van der Waals surface area contributed by atoms with Crippen molar-refractivity contribution in [2.75, 3.05) is 0 Å². The summed E-state index contributed by atoms with van der Waals surface area (Å²) in [7, 11) is 0. The van der Waals surface area contributed by atoms with Gasteiger partial charge in [-0.3, -0.25) is 4.99 Å². The van der Waals surface area contributed by atoms with E-state index in [-0.39, 0.29) is 24.0 Å². The quantitative estimate of drug-likeness (QED) is 0.476. The molecule has 0 unspecified atom stereocenters. The van der Waals surface area contributed by atoms with Crippen LogP contribution in [0.3, 0.4) is 0 Å². The minimum absolute atomic E-state index is 0. The Labute approximate surface area is 138 Å². The third kappa shape index (κ3) is 3.87. The van der Waals surface area contributed by atoms with Gasteiger partial charge >= 0.3 is 0 Å². The molecule has 3 nitrogen and oxygen atoms in total. The molecule has 1 aromatic rings. The highest BCUT2D eigenvalue weighted by Gasteiger charge is 2.30. The largest absolute Gasteiger partial charge is 0.370 e. The molecule has 3 rings (SSSR count). The Bertz CT molecular complexity index is 434. The van der Waals surface area contributed by atoms with Crippen LogP contribution in [0.4, 0.5) is 0 Å². The van der Waals surface area contributed by atoms with Gasteiger partial charge in [0.1, 0.15) is 0 Å². The van der Waals surface area contributed by atoms with Crippen molar-refractivity contribution >= 4 is 29.9 Å². The van der Waals surface area contributed by atoms with E-state index >= 15 is 0 Å². The SMILES string of the molecule is I.NC(=NC1CCCC1)NC1CC(c2ccccc2)C1. The van der Waals surface area contributed by atoms with Gasteiger partial charge in [0.25, 0.3) is 0 Å². The summed E-state index contributed by atoms with van der Waals surface area (Å²) < 4.78 is 0. The molecular formula is C16H24IN3. The van der Waals surface area contributed by atoms with Crippen molar-refractivity contribution in [3.8, 4) is 0 Å². The molecule has 3 N–H and O–H groups in total. The molecule has 2 saturated carbocycles. The number of nitrogens with two attached hydrogens (primary N) is 1. The molecule has 0 spiro atoms. The van der Waals surface area contributed by atoms with Crippen molar-refractivity contribution in [1.29, 1.82) is 0 Å². The monoisotopic (exact) mass is 385 g/mol. The van der Waals surface area contributed by atoms with Gasteiger partial charge in [0.15, 0.2) is 5.96 Å². The zero-order valence-electron chi connectivity index (χ0n) is 11.8. The van der Waals surface area contributed by atoms with Crippen molar-refractivity contribution in [3.05, 3.63) is 35.9 Å². The smallest absolute Gasteiger partial charge is 0.189 e. The lowest BCUT2D eigenvalue weighted by Crippen LogP contribution is -2.47. The first kappa shape index (κ1) is 15.6. The van der Waals surface area contributed by atoms with Gasteiger partial charge in [-0.25, -0.2) is 0 Å². The van der Waals surface area contributed by atoms with Crippen molar-refractivity contribution in [2.45, 2.75) is 56.5 Å². The van der Waals surface area contributed by atoms with Gasteiger partial charge in [0, 0.05) is 6.04 Å². The Morgan fingerprint density at radius 2 is 1.75 bits per heavy atom. The van der Waals surface area contributed by atoms with Gasteiger partial charge in [-0.05, 0) is 37.2 Å². The molecule has 0 bridgehead atoms. The number of aliphatic imine (C=N–C) groups is 1. The number of benzene rings is 1. The van der Waals surface area contributed by atoms with Crippen LogP contribution >= 0.6 is 24.0 Å². The Morgan fingerprint density at radius 1 is 1.10 bits per heavy atom. The van der Waals surface area contributed by atoms with E-state index in [1.54, 1.807) is 0 Å². The molecule has 0 heterocycles. The summed E-state index contributed by atoms with van der Waals surface area (Å²) in [5.41, 5.74) is 7.44. The Morgan fingerprint density at radius 3 is 2.40 bits per heavy atom. The molecule has 110 valence electrons. The fourth-order valence-corrected chi connectivity index (χ4v) is 3.21. The lowest BCUT2D eigenvalue weighted by molar-refractivity contribution is 0.323. The average molecular weight is 385 g/mol. The van der Waals surface area contributed by atoms with Gasteiger partial charge < -0.3 is 11.1 Å². The van der Waals surface area contributed by atoms with Crippen molar-refractivity contribution in [2.24, 2.45) is 10.7 Å².